The monoisotopic (exact) mass is 242 g/mol. The number of carboxylic acids is 1. The topological polar surface area (TPSA) is 109 Å². The van der Waals surface area contributed by atoms with E-state index in [0.29, 0.717) is 5.92 Å². The summed E-state index contributed by atoms with van der Waals surface area (Å²) >= 11 is 0. The van der Waals surface area contributed by atoms with E-state index in [-0.39, 0.29) is 24.7 Å². The summed E-state index contributed by atoms with van der Waals surface area (Å²) in [6.45, 7) is 1.79. The highest BCUT2D eigenvalue weighted by Crippen LogP contribution is 2.36. The molecule has 1 fully saturated rings. The molecule has 17 heavy (non-hydrogen) atoms. The fourth-order valence-electron chi connectivity index (χ4n) is 1.66. The van der Waals surface area contributed by atoms with Crippen LogP contribution in [0.25, 0.3) is 0 Å². The van der Waals surface area contributed by atoms with Gasteiger partial charge in [0, 0.05) is 12.3 Å². The van der Waals surface area contributed by atoms with Gasteiger partial charge in [0.25, 0.3) is 0 Å². The number of carboxylic acid groups (broad SMARTS) is 1. The fourth-order valence-corrected chi connectivity index (χ4v) is 1.66. The molecule has 4 N–H and O–H groups in total. The standard InChI is InChI=1S/C11H18N2O4/c1-6(7-2-3-7)10(15)13-8(11(16)17)4-5-9(12)14/h6-8H,2-5H2,1H3,(H2,12,14)(H,13,15)(H,16,17)/t6?,8-/m1/s1. The molecular weight excluding hydrogens is 224 g/mol. The first kappa shape index (κ1) is 13.5. The molecule has 1 rings (SSSR count). The Labute approximate surface area is 99.6 Å². The first-order valence-corrected chi connectivity index (χ1v) is 5.73. The summed E-state index contributed by atoms with van der Waals surface area (Å²) in [6.07, 6.45) is 2.03. The van der Waals surface area contributed by atoms with Gasteiger partial charge in [0.2, 0.25) is 11.8 Å². The average molecular weight is 242 g/mol. The molecule has 0 radical (unpaired) electrons. The van der Waals surface area contributed by atoms with Crippen LogP contribution < -0.4 is 11.1 Å². The maximum atomic E-state index is 11.7. The molecule has 96 valence electrons. The molecular formula is C11H18N2O4. The second kappa shape index (κ2) is 5.65. The number of aliphatic carboxylic acids is 1. The first-order valence-electron chi connectivity index (χ1n) is 5.73. The van der Waals surface area contributed by atoms with Gasteiger partial charge in [-0.05, 0) is 25.2 Å². The molecule has 0 aromatic carbocycles. The van der Waals surface area contributed by atoms with E-state index in [1.165, 1.54) is 0 Å². The third-order valence-corrected chi connectivity index (χ3v) is 3.04. The minimum absolute atomic E-state index is 0.0355. The van der Waals surface area contributed by atoms with Crippen molar-refractivity contribution in [1.82, 2.24) is 5.32 Å². The molecule has 0 spiro atoms. The normalized spacial score (nSPS) is 18.2. The van der Waals surface area contributed by atoms with E-state index in [1.54, 1.807) is 6.92 Å². The Morgan fingerprint density at radius 1 is 1.41 bits per heavy atom. The maximum Gasteiger partial charge on any atom is 0.326 e. The summed E-state index contributed by atoms with van der Waals surface area (Å²) in [4.78, 5) is 33.2. The number of nitrogens with two attached hydrogens (primary N) is 1. The van der Waals surface area contributed by atoms with E-state index >= 15 is 0 Å². The Bertz CT molecular complexity index is 325. The average Bonchev–Trinajstić information content (AvgIpc) is 3.05. The van der Waals surface area contributed by atoms with E-state index < -0.39 is 17.9 Å². The Morgan fingerprint density at radius 3 is 2.41 bits per heavy atom. The molecule has 0 bridgehead atoms. The van der Waals surface area contributed by atoms with E-state index in [1.807, 2.05) is 0 Å². The van der Waals surface area contributed by atoms with Crippen LogP contribution >= 0.6 is 0 Å². The number of hydrogen-bond donors (Lipinski definition) is 3. The maximum absolute atomic E-state index is 11.7. The zero-order valence-electron chi connectivity index (χ0n) is 9.81. The Kier molecular flexibility index (Phi) is 4.48. The van der Waals surface area contributed by atoms with Gasteiger partial charge in [-0.2, -0.15) is 0 Å². The third kappa shape index (κ3) is 4.42. The number of nitrogens with one attached hydrogen (secondary N) is 1. The number of carbonyl (C=O) groups excluding carboxylic acids is 2. The second-order valence-corrected chi connectivity index (χ2v) is 4.53. The molecule has 2 atom stereocenters. The summed E-state index contributed by atoms with van der Waals surface area (Å²) in [5.41, 5.74) is 4.95. The molecule has 0 heterocycles. The number of primary amides is 1. The van der Waals surface area contributed by atoms with Crippen LogP contribution in [0.15, 0.2) is 0 Å². The van der Waals surface area contributed by atoms with Gasteiger partial charge in [-0.1, -0.05) is 6.92 Å². The minimum Gasteiger partial charge on any atom is -0.480 e. The van der Waals surface area contributed by atoms with Crippen LogP contribution in [0.2, 0.25) is 0 Å². The van der Waals surface area contributed by atoms with Crippen LogP contribution in [0.1, 0.15) is 32.6 Å². The van der Waals surface area contributed by atoms with Crippen LogP contribution in [-0.2, 0) is 14.4 Å². The minimum atomic E-state index is -1.14. The molecule has 1 saturated carbocycles. The van der Waals surface area contributed by atoms with Gasteiger partial charge in [-0.3, -0.25) is 9.59 Å². The van der Waals surface area contributed by atoms with Gasteiger partial charge < -0.3 is 16.2 Å². The lowest BCUT2D eigenvalue weighted by molar-refractivity contribution is -0.142. The van der Waals surface area contributed by atoms with Crippen molar-refractivity contribution in [2.24, 2.45) is 17.6 Å². The molecule has 0 aromatic heterocycles. The SMILES string of the molecule is CC(C(=O)N[C@H](CCC(N)=O)C(=O)O)C1CC1. The molecule has 1 aliphatic rings. The summed E-state index contributed by atoms with van der Waals surface area (Å²) in [7, 11) is 0. The third-order valence-electron chi connectivity index (χ3n) is 3.04. The van der Waals surface area contributed by atoms with Crippen molar-refractivity contribution < 1.29 is 19.5 Å². The quantitative estimate of drug-likeness (QED) is 0.577. The summed E-state index contributed by atoms with van der Waals surface area (Å²) in [5.74, 6) is -1.75. The smallest absolute Gasteiger partial charge is 0.326 e. The van der Waals surface area contributed by atoms with E-state index in [0.717, 1.165) is 12.8 Å². The summed E-state index contributed by atoms with van der Waals surface area (Å²) in [5, 5.41) is 11.4. The lowest BCUT2D eigenvalue weighted by atomic mass is 10.0. The highest BCUT2D eigenvalue weighted by molar-refractivity contribution is 5.85. The van der Waals surface area contributed by atoms with Crippen LogP contribution in [0.4, 0.5) is 0 Å². The molecule has 2 amide bonds. The van der Waals surface area contributed by atoms with Crippen LogP contribution in [-0.4, -0.2) is 28.9 Å². The van der Waals surface area contributed by atoms with Crippen LogP contribution in [0.5, 0.6) is 0 Å². The van der Waals surface area contributed by atoms with Gasteiger partial charge in [0.1, 0.15) is 6.04 Å². The van der Waals surface area contributed by atoms with Crippen molar-refractivity contribution in [3.63, 3.8) is 0 Å². The zero-order valence-corrected chi connectivity index (χ0v) is 9.81. The lowest BCUT2D eigenvalue weighted by Gasteiger charge is -2.17. The molecule has 1 unspecified atom stereocenters. The molecule has 1 aliphatic carbocycles. The summed E-state index contributed by atoms with van der Waals surface area (Å²) in [6, 6.07) is -1.03. The Hall–Kier alpha value is -1.59. The first-order chi connectivity index (χ1) is 7.91. The van der Waals surface area contributed by atoms with Gasteiger partial charge >= 0.3 is 5.97 Å². The van der Waals surface area contributed by atoms with Gasteiger partial charge in [-0.25, -0.2) is 4.79 Å². The van der Waals surface area contributed by atoms with Crippen molar-refractivity contribution in [2.45, 2.75) is 38.6 Å². The number of amides is 2. The number of hydrogen-bond acceptors (Lipinski definition) is 3. The van der Waals surface area contributed by atoms with Crippen LogP contribution in [0.3, 0.4) is 0 Å². The van der Waals surface area contributed by atoms with E-state index in [2.05, 4.69) is 5.32 Å². The predicted molar refractivity (Wildman–Crippen MR) is 59.9 cm³/mol. The van der Waals surface area contributed by atoms with Crippen LogP contribution in [0, 0.1) is 11.8 Å². The Morgan fingerprint density at radius 2 is 2.00 bits per heavy atom. The van der Waals surface area contributed by atoms with Gasteiger partial charge in [0.05, 0.1) is 0 Å². The van der Waals surface area contributed by atoms with E-state index in [9.17, 15) is 14.4 Å². The predicted octanol–water partition coefficient (Wildman–Crippen LogP) is -0.133. The molecule has 6 heteroatoms. The lowest BCUT2D eigenvalue weighted by Crippen LogP contribution is -2.44. The van der Waals surface area contributed by atoms with Crippen molar-refractivity contribution in [3.05, 3.63) is 0 Å². The second-order valence-electron chi connectivity index (χ2n) is 4.53. The highest BCUT2D eigenvalue weighted by Gasteiger charge is 2.34. The van der Waals surface area contributed by atoms with Crippen molar-refractivity contribution >= 4 is 17.8 Å². The van der Waals surface area contributed by atoms with Crippen molar-refractivity contribution in [1.29, 1.82) is 0 Å². The molecule has 0 aromatic rings. The highest BCUT2D eigenvalue weighted by atomic mass is 16.4. The molecule has 6 nitrogen and oxygen atoms in total. The largest absolute Gasteiger partial charge is 0.480 e. The number of rotatable bonds is 7. The van der Waals surface area contributed by atoms with Gasteiger partial charge in [-0.15, -0.1) is 0 Å². The molecule has 0 saturated heterocycles. The fraction of sp³-hybridized carbons (Fsp3) is 0.727. The number of carbonyl (C=O) groups is 3. The van der Waals surface area contributed by atoms with E-state index in [4.69, 9.17) is 10.8 Å². The zero-order chi connectivity index (χ0) is 13.0. The van der Waals surface area contributed by atoms with Crippen molar-refractivity contribution in [3.8, 4) is 0 Å². The molecule has 0 aliphatic heterocycles. The van der Waals surface area contributed by atoms with Crippen molar-refractivity contribution in [2.75, 3.05) is 0 Å². The van der Waals surface area contributed by atoms with Gasteiger partial charge in [0.15, 0.2) is 0 Å². The summed E-state index contributed by atoms with van der Waals surface area (Å²) < 4.78 is 0. The Balaban J connectivity index is 2.44.